The van der Waals surface area contributed by atoms with E-state index in [0.29, 0.717) is 37.5 Å². The molecule has 29 heavy (non-hydrogen) atoms. The molecule has 3 rings (SSSR count). The fourth-order valence-electron chi connectivity index (χ4n) is 3.35. The van der Waals surface area contributed by atoms with Crippen molar-refractivity contribution in [3.63, 3.8) is 0 Å². The summed E-state index contributed by atoms with van der Waals surface area (Å²) in [5, 5.41) is 0. The van der Waals surface area contributed by atoms with Crippen LogP contribution in [0.3, 0.4) is 0 Å². The highest BCUT2D eigenvalue weighted by Gasteiger charge is 2.27. The number of hydrogen-bond acceptors (Lipinski definition) is 5. The highest BCUT2D eigenvalue weighted by atomic mass is 35.5. The number of halogens is 1. The minimum absolute atomic E-state index is 0. The van der Waals surface area contributed by atoms with E-state index in [-0.39, 0.29) is 36.1 Å². The van der Waals surface area contributed by atoms with Gasteiger partial charge in [-0.3, -0.25) is 9.59 Å². The summed E-state index contributed by atoms with van der Waals surface area (Å²) in [7, 11) is 1.65. The zero-order valence-corrected chi connectivity index (χ0v) is 17.4. The second-order valence-corrected chi connectivity index (χ2v) is 6.86. The molecule has 1 saturated heterocycles. The second kappa shape index (κ2) is 11.0. The molecule has 0 unspecified atom stereocenters. The molecule has 0 spiro atoms. The summed E-state index contributed by atoms with van der Waals surface area (Å²) in [5.41, 5.74) is 6.57. The van der Waals surface area contributed by atoms with Crippen molar-refractivity contribution < 1.29 is 18.7 Å². The van der Waals surface area contributed by atoms with Gasteiger partial charge in [0, 0.05) is 26.7 Å². The maximum absolute atomic E-state index is 13.1. The largest absolute Gasteiger partial charge is 0.459 e. The van der Waals surface area contributed by atoms with Gasteiger partial charge in [-0.25, -0.2) is 0 Å². The van der Waals surface area contributed by atoms with E-state index in [1.807, 2.05) is 17.0 Å². The quantitative estimate of drug-likeness (QED) is 0.694. The fraction of sp³-hybridized carbons (Fsp3) is 0.429. The maximum Gasteiger partial charge on any atom is 0.293 e. The third-order valence-electron chi connectivity index (χ3n) is 4.96. The van der Waals surface area contributed by atoms with E-state index < -0.39 is 0 Å². The van der Waals surface area contributed by atoms with Crippen molar-refractivity contribution in [1.82, 2.24) is 4.90 Å². The lowest BCUT2D eigenvalue weighted by atomic mass is 10.0. The Kier molecular flexibility index (Phi) is 8.70. The van der Waals surface area contributed by atoms with E-state index in [0.717, 1.165) is 19.3 Å². The first-order chi connectivity index (χ1) is 13.6. The van der Waals surface area contributed by atoms with Gasteiger partial charge in [0.05, 0.1) is 23.6 Å². The van der Waals surface area contributed by atoms with Crippen molar-refractivity contribution in [2.24, 2.45) is 5.73 Å². The Morgan fingerprint density at radius 3 is 2.59 bits per heavy atom. The molecule has 2 heterocycles. The summed E-state index contributed by atoms with van der Waals surface area (Å²) in [5.74, 6) is -0.132. The molecule has 0 radical (unpaired) electrons. The topological polar surface area (TPSA) is 89.0 Å². The lowest BCUT2D eigenvalue weighted by Crippen LogP contribution is -2.41. The van der Waals surface area contributed by atoms with Crippen molar-refractivity contribution in [3.05, 3.63) is 54.0 Å². The van der Waals surface area contributed by atoms with E-state index in [9.17, 15) is 9.59 Å². The van der Waals surface area contributed by atoms with Gasteiger partial charge in [0.1, 0.15) is 0 Å². The number of hydrogen-bond donors (Lipinski definition) is 1. The Hall–Kier alpha value is -2.35. The van der Waals surface area contributed by atoms with Crippen molar-refractivity contribution in [2.75, 3.05) is 38.2 Å². The van der Waals surface area contributed by atoms with Crippen LogP contribution in [-0.4, -0.2) is 56.1 Å². The van der Waals surface area contributed by atoms with Crippen LogP contribution in [0.15, 0.2) is 47.1 Å². The normalized spacial score (nSPS) is 14.3. The van der Waals surface area contributed by atoms with Gasteiger partial charge < -0.3 is 24.7 Å². The molecule has 0 bridgehead atoms. The summed E-state index contributed by atoms with van der Waals surface area (Å²) in [4.78, 5) is 29.0. The molecule has 1 aliphatic rings. The van der Waals surface area contributed by atoms with E-state index in [2.05, 4.69) is 0 Å². The molecule has 2 N–H and O–H groups in total. The van der Waals surface area contributed by atoms with Gasteiger partial charge in [0.2, 0.25) is 0 Å². The Labute approximate surface area is 177 Å². The van der Waals surface area contributed by atoms with Gasteiger partial charge in [-0.05, 0) is 50.1 Å². The molecule has 0 atom stereocenters. The first kappa shape index (κ1) is 22.9. The molecule has 8 heteroatoms. The third kappa shape index (κ3) is 5.59. The van der Waals surface area contributed by atoms with Crippen molar-refractivity contribution in [3.8, 4) is 0 Å². The summed E-state index contributed by atoms with van der Waals surface area (Å²) in [6.07, 6.45) is 4.09. The predicted octanol–water partition coefficient (Wildman–Crippen LogP) is 2.95. The molecule has 1 aromatic heterocycles. The summed E-state index contributed by atoms with van der Waals surface area (Å²) < 4.78 is 11.0. The number of furan rings is 1. The molecule has 0 saturated carbocycles. The minimum atomic E-state index is -0.294. The first-order valence-corrected chi connectivity index (χ1v) is 9.63. The number of benzene rings is 1. The summed E-state index contributed by atoms with van der Waals surface area (Å²) in [6.45, 7) is 2.56. The van der Waals surface area contributed by atoms with Gasteiger partial charge >= 0.3 is 0 Å². The molecule has 2 aromatic rings. The lowest BCUT2D eigenvalue weighted by Gasteiger charge is -2.33. The smallest absolute Gasteiger partial charge is 0.293 e. The standard InChI is InChI=1S/C21H27N3O4.ClH/c1-23(21(26)19-8-4-14-28-19)18-7-3-2-6-17(18)20(25)24-12-9-16(10-13-24)27-15-5-11-22;/h2-4,6-8,14,16H,5,9-13,15,22H2,1H3;1H. The molecule has 158 valence electrons. The Balaban J connectivity index is 0.00000300. The number of amides is 2. The number of likely N-dealkylation sites (tertiary alicyclic amines) is 1. The first-order valence-electron chi connectivity index (χ1n) is 9.63. The fourth-order valence-corrected chi connectivity index (χ4v) is 3.35. The average Bonchev–Trinajstić information content (AvgIpc) is 3.28. The second-order valence-electron chi connectivity index (χ2n) is 6.86. The zero-order valence-electron chi connectivity index (χ0n) is 16.6. The van der Waals surface area contributed by atoms with E-state index in [1.54, 1.807) is 31.3 Å². The number of para-hydroxylation sites is 1. The highest BCUT2D eigenvalue weighted by Crippen LogP contribution is 2.25. The average molecular weight is 422 g/mol. The minimum Gasteiger partial charge on any atom is -0.459 e. The van der Waals surface area contributed by atoms with E-state index >= 15 is 0 Å². The third-order valence-corrected chi connectivity index (χ3v) is 4.96. The van der Waals surface area contributed by atoms with Crippen LogP contribution in [0.4, 0.5) is 5.69 Å². The molecular weight excluding hydrogens is 394 g/mol. The summed E-state index contributed by atoms with van der Waals surface area (Å²) in [6, 6.07) is 10.4. The Bertz CT molecular complexity index is 789. The number of anilines is 1. The van der Waals surface area contributed by atoms with Crippen molar-refractivity contribution >= 4 is 29.9 Å². The molecule has 2 amide bonds. The van der Waals surface area contributed by atoms with Crippen molar-refractivity contribution in [2.45, 2.75) is 25.4 Å². The Morgan fingerprint density at radius 2 is 1.93 bits per heavy atom. The number of rotatable bonds is 7. The van der Waals surface area contributed by atoms with Crippen LogP contribution in [0.5, 0.6) is 0 Å². The zero-order chi connectivity index (χ0) is 19.9. The molecular formula is C21H28ClN3O4. The predicted molar refractivity (Wildman–Crippen MR) is 114 cm³/mol. The van der Waals surface area contributed by atoms with E-state index in [1.165, 1.54) is 11.2 Å². The van der Waals surface area contributed by atoms with Crippen LogP contribution in [0.25, 0.3) is 0 Å². The molecule has 7 nitrogen and oxygen atoms in total. The number of carbonyl (C=O) groups excluding carboxylic acids is 2. The number of nitrogens with zero attached hydrogens (tertiary/aromatic N) is 2. The van der Waals surface area contributed by atoms with Crippen LogP contribution in [0.1, 0.15) is 40.2 Å². The maximum atomic E-state index is 13.1. The lowest BCUT2D eigenvalue weighted by molar-refractivity contribution is 0.00847. The van der Waals surface area contributed by atoms with Crippen molar-refractivity contribution in [1.29, 1.82) is 0 Å². The van der Waals surface area contributed by atoms with Gasteiger partial charge in [-0.15, -0.1) is 12.4 Å². The van der Waals surface area contributed by atoms with Gasteiger partial charge in [0.25, 0.3) is 11.8 Å². The summed E-state index contributed by atoms with van der Waals surface area (Å²) >= 11 is 0. The monoisotopic (exact) mass is 421 g/mol. The van der Waals surface area contributed by atoms with Crippen LogP contribution in [0.2, 0.25) is 0 Å². The molecule has 0 aliphatic carbocycles. The number of nitrogens with two attached hydrogens (primary N) is 1. The number of ether oxygens (including phenoxy) is 1. The number of carbonyl (C=O) groups is 2. The van der Waals surface area contributed by atoms with Crippen LogP contribution < -0.4 is 10.6 Å². The Morgan fingerprint density at radius 1 is 1.21 bits per heavy atom. The van der Waals surface area contributed by atoms with Crippen LogP contribution in [0, 0.1) is 0 Å². The van der Waals surface area contributed by atoms with Gasteiger partial charge in [-0.1, -0.05) is 12.1 Å². The molecule has 1 aliphatic heterocycles. The molecule has 1 aromatic carbocycles. The molecule has 1 fully saturated rings. The highest BCUT2D eigenvalue weighted by molar-refractivity contribution is 6.09. The number of piperidine rings is 1. The SMILES string of the molecule is CN(C(=O)c1ccco1)c1ccccc1C(=O)N1CCC(OCCCN)CC1.Cl. The van der Waals surface area contributed by atoms with Crippen LogP contribution in [-0.2, 0) is 4.74 Å². The van der Waals surface area contributed by atoms with E-state index in [4.69, 9.17) is 14.9 Å². The van der Waals surface area contributed by atoms with Gasteiger partial charge in [0.15, 0.2) is 5.76 Å². The van der Waals surface area contributed by atoms with Crippen LogP contribution >= 0.6 is 12.4 Å². The van der Waals surface area contributed by atoms with Gasteiger partial charge in [-0.2, -0.15) is 0 Å².